The van der Waals surface area contributed by atoms with Gasteiger partial charge in [0.1, 0.15) is 11.5 Å². The number of hydrogen-bond acceptors (Lipinski definition) is 8. The molecule has 0 aliphatic rings. The maximum atomic E-state index is 12.4. The minimum absolute atomic E-state index is 0.00331. The van der Waals surface area contributed by atoms with Gasteiger partial charge in [-0.1, -0.05) is 0 Å². The summed E-state index contributed by atoms with van der Waals surface area (Å²) in [5.41, 5.74) is 6.59. The summed E-state index contributed by atoms with van der Waals surface area (Å²) < 4.78 is 49.1. The van der Waals surface area contributed by atoms with Crippen LogP contribution < -0.4 is 15.2 Å². The van der Waals surface area contributed by atoms with Crippen molar-refractivity contribution in [2.75, 3.05) is 13.2 Å². The fourth-order valence-electron chi connectivity index (χ4n) is 2.54. The number of ether oxygens (including phenoxy) is 2. The molecule has 9 nitrogen and oxygen atoms in total. The molecule has 2 heterocycles. The van der Waals surface area contributed by atoms with Crippen molar-refractivity contribution < 1.29 is 27.8 Å². The van der Waals surface area contributed by atoms with Crippen molar-refractivity contribution in [3.05, 3.63) is 53.6 Å². The van der Waals surface area contributed by atoms with E-state index in [0.29, 0.717) is 11.3 Å². The van der Waals surface area contributed by atoms with Gasteiger partial charge >= 0.3 is 6.18 Å². The first-order valence-corrected chi connectivity index (χ1v) is 8.89. The van der Waals surface area contributed by atoms with Crippen LogP contribution in [0.15, 0.2) is 36.7 Å². The van der Waals surface area contributed by atoms with Crippen LogP contribution in [-0.4, -0.2) is 44.2 Å². The summed E-state index contributed by atoms with van der Waals surface area (Å²) in [5.74, 6) is -0.128. The molecule has 162 valence electrons. The zero-order valence-electron chi connectivity index (χ0n) is 16.2. The number of nitriles is 1. The van der Waals surface area contributed by atoms with Crippen LogP contribution in [0.3, 0.4) is 0 Å². The molecule has 0 aliphatic carbocycles. The number of aliphatic hydroxyl groups is 1. The molecule has 0 radical (unpaired) electrons. The number of aliphatic hydroxyl groups excluding tert-OH is 1. The Balaban J connectivity index is 1.95. The normalized spacial score (nSPS) is 12.3. The third-order valence-electron chi connectivity index (χ3n) is 3.94. The molecule has 0 spiro atoms. The third-order valence-corrected chi connectivity index (χ3v) is 3.94. The quantitative estimate of drug-likeness (QED) is 0.580. The van der Waals surface area contributed by atoms with E-state index in [0.717, 1.165) is 6.07 Å². The molecule has 0 saturated heterocycles. The van der Waals surface area contributed by atoms with E-state index < -0.39 is 18.9 Å². The van der Waals surface area contributed by atoms with Crippen molar-refractivity contribution in [3.63, 3.8) is 0 Å². The molecule has 0 saturated carbocycles. The summed E-state index contributed by atoms with van der Waals surface area (Å²) in [6.07, 6.45) is -2.47. The summed E-state index contributed by atoms with van der Waals surface area (Å²) in [6, 6.07) is 7.60. The second-order valence-electron chi connectivity index (χ2n) is 6.36. The average molecular weight is 434 g/mol. The lowest BCUT2D eigenvalue weighted by Gasteiger charge is -2.13. The molecule has 1 atom stereocenters. The Morgan fingerprint density at radius 3 is 2.68 bits per heavy atom. The second kappa shape index (κ2) is 8.99. The standard InChI is InChI=1S/C19H17F3N6O3/c1-11-26-17(30-10-19(20,21)22)5-18(27-11)31-16-4-12(6-23)2-3-14(16)28-9-13(8-25-28)15(29)7-24/h2-5,8-9,15,29H,7,10,24H2,1H3. The zero-order chi connectivity index (χ0) is 22.6. The van der Waals surface area contributed by atoms with Gasteiger partial charge in [0.05, 0.1) is 30.0 Å². The number of aryl methyl sites for hydroxylation is 1. The van der Waals surface area contributed by atoms with Gasteiger partial charge in [0.25, 0.3) is 0 Å². The van der Waals surface area contributed by atoms with Gasteiger partial charge in [0.15, 0.2) is 12.4 Å². The van der Waals surface area contributed by atoms with Gasteiger partial charge in [-0.25, -0.2) is 4.68 Å². The van der Waals surface area contributed by atoms with E-state index >= 15 is 0 Å². The smallest absolute Gasteiger partial charge is 0.422 e. The Kier molecular flexibility index (Phi) is 6.38. The lowest BCUT2D eigenvalue weighted by molar-refractivity contribution is -0.154. The van der Waals surface area contributed by atoms with Crippen LogP contribution in [0.5, 0.6) is 17.5 Å². The highest BCUT2D eigenvalue weighted by atomic mass is 19.4. The van der Waals surface area contributed by atoms with E-state index in [1.807, 2.05) is 6.07 Å². The van der Waals surface area contributed by atoms with E-state index in [2.05, 4.69) is 19.8 Å². The number of benzene rings is 1. The van der Waals surface area contributed by atoms with Crippen LogP contribution in [0.25, 0.3) is 5.69 Å². The minimum Gasteiger partial charge on any atom is -0.468 e. The van der Waals surface area contributed by atoms with Crippen LogP contribution in [-0.2, 0) is 0 Å². The fourth-order valence-corrected chi connectivity index (χ4v) is 2.54. The van der Waals surface area contributed by atoms with Crippen molar-refractivity contribution in [2.24, 2.45) is 5.73 Å². The van der Waals surface area contributed by atoms with Crippen molar-refractivity contribution in [1.29, 1.82) is 5.26 Å². The Morgan fingerprint density at radius 1 is 1.26 bits per heavy atom. The predicted octanol–water partition coefficient (Wildman–Crippen LogP) is 2.57. The van der Waals surface area contributed by atoms with E-state index in [-0.39, 0.29) is 35.4 Å². The number of nitrogens with zero attached hydrogens (tertiary/aromatic N) is 5. The Hall–Kier alpha value is -3.69. The number of aromatic nitrogens is 4. The molecule has 3 aromatic rings. The summed E-state index contributed by atoms with van der Waals surface area (Å²) in [5, 5.41) is 23.2. The van der Waals surface area contributed by atoms with Gasteiger partial charge in [-0.3, -0.25) is 0 Å². The molecule has 1 aromatic carbocycles. The largest absolute Gasteiger partial charge is 0.468 e. The molecule has 0 bridgehead atoms. The van der Waals surface area contributed by atoms with E-state index in [9.17, 15) is 23.5 Å². The minimum atomic E-state index is -4.53. The first kappa shape index (κ1) is 22.0. The van der Waals surface area contributed by atoms with Crippen molar-refractivity contribution in [1.82, 2.24) is 19.7 Å². The molecular weight excluding hydrogens is 417 g/mol. The molecule has 31 heavy (non-hydrogen) atoms. The van der Waals surface area contributed by atoms with Crippen molar-refractivity contribution in [3.8, 4) is 29.3 Å². The summed E-state index contributed by atoms with van der Waals surface area (Å²) in [6.45, 7) is -0.0468. The first-order chi connectivity index (χ1) is 14.7. The molecule has 3 rings (SSSR count). The van der Waals surface area contributed by atoms with Gasteiger partial charge in [-0.15, -0.1) is 0 Å². The lowest BCUT2D eigenvalue weighted by atomic mass is 10.2. The predicted molar refractivity (Wildman–Crippen MR) is 101 cm³/mol. The molecule has 12 heteroatoms. The average Bonchev–Trinajstić information content (AvgIpc) is 3.20. The highest BCUT2D eigenvalue weighted by molar-refractivity contribution is 5.52. The van der Waals surface area contributed by atoms with Crippen LogP contribution >= 0.6 is 0 Å². The van der Waals surface area contributed by atoms with Crippen LogP contribution in [0.1, 0.15) is 23.1 Å². The maximum Gasteiger partial charge on any atom is 0.422 e. The molecular formula is C19H17F3N6O3. The Labute approximate surface area is 174 Å². The molecule has 0 aliphatic heterocycles. The van der Waals surface area contributed by atoms with Gasteiger partial charge in [0, 0.05) is 24.4 Å². The van der Waals surface area contributed by atoms with Crippen LogP contribution in [0, 0.1) is 18.3 Å². The maximum absolute atomic E-state index is 12.4. The van der Waals surface area contributed by atoms with Crippen LogP contribution in [0.4, 0.5) is 13.2 Å². The van der Waals surface area contributed by atoms with Gasteiger partial charge in [-0.2, -0.15) is 33.5 Å². The topological polar surface area (TPSA) is 132 Å². The SMILES string of the molecule is Cc1nc(OCC(F)(F)F)cc(Oc2cc(C#N)ccc2-n2cc(C(O)CN)cn2)n1. The molecule has 2 aromatic heterocycles. The number of halogens is 3. The number of alkyl halides is 3. The summed E-state index contributed by atoms with van der Waals surface area (Å²) in [4.78, 5) is 7.85. The lowest BCUT2D eigenvalue weighted by Crippen LogP contribution is -2.19. The molecule has 0 fully saturated rings. The van der Waals surface area contributed by atoms with Crippen molar-refractivity contribution >= 4 is 0 Å². The second-order valence-corrected chi connectivity index (χ2v) is 6.36. The highest BCUT2D eigenvalue weighted by Crippen LogP contribution is 2.30. The van der Waals surface area contributed by atoms with E-state index in [1.165, 1.54) is 36.1 Å². The number of hydrogen-bond donors (Lipinski definition) is 2. The molecule has 1 unspecified atom stereocenters. The number of nitrogens with two attached hydrogens (primary N) is 1. The Bertz CT molecular complexity index is 1110. The van der Waals surface area contributed by atoms with Gasteiger partial charge in [-0.05, 0) is 19.1 Å². The fraction of sp³-hybridized carbons (Fsp3) is 0.263. The Morgan fingerprint density at radius 2 is 2.00 bits per heavy atom. The zero-order valence-corrected chi connectivity index (χ0v) is 16.2. The molecule has 3 N–H and O–H groups in total. The van der Waals surface area contributed by atoms with E-state index in [4.69, 9.17) is 10.5 Å². The third kappa shape index (κ3) is 5.68. The van der Waals surface area contributed by atoms with Gasteiger partial charge < -0.3 is 20.3 Å². The first-order valence-electron chi connectivity index (χ1n) is 8.89. The summed E-state index contributed by atoms with van der Waals surface area (Å²) >= 11 is 0. The number of rotatable bonds is 7. The van der Waals surface area contributed by atoms with Crippen molar-refractivity contribution in [2.45, 2.75) is 19.2 Å². The van der Waals surface area contributed by atoms with E-state index in [1.54, 1.807) is 6.07 Å². The van der Waals surface area contributed by atoms with Crippen LogP contribution in [0.2, 0.25) is 0 Å². The summed E-state index contributed by atoms with van der Waals surface area (Å²) in [7, 11) is 0. The highest BCUT2D eigenvalue weighted by Gasteiger charge is 2.29. The monoisotopic (exact) mass is 434 g/mol. The van der Waals surface area contributed by atoms with Gasteiger partial charge in [0.2, 0.25) is 11.8 Å². The molecule has 0 amide bonds.